The standard InChI is InChI=1S/C27H33N3O4/c1-6-12-28-24(31)15-34-23-11-10-18(13-17(23)4)19-8-7-9-20-25(19)22-14-21(29-33-5)26(16(2)3)30(22)27(20)32/h7-11,13,16,22,26H,6,12,14-15H2,1-5H3,(H,28,31). The van der Waals surface area contributed by atoms with E-state index in [1.807, 2.05) is 43.0 Å². The first-order chi connectivity index (χ1) is 16.4. The van der Waals surface area contributed by atoms with Gasteiger partial charge in [-0.15, -0.1) is 0 Å². The molecule has 4 rings (SSSR count). The van der Waals surface area contributed by atoms with Crippen LogP contribution in [0.15, 0.2) is 41.6 Å². The van der Waals surface area contributed by atoms with Crippen LogP contribution in [0.25, 0.3) is 11.1 Å². The van der Waals surface area contributed by atoms with Crippen LogP contribution in [0.2, 0.25) is 0 Å². The molecule has 0 aromatic heterocycles. The van der Waals surface area contributed by atoms with Gasteiger partial charge in [0.15, 0.2) is 6.61 Å². The second-order valence-corrected chi connectivity index (χ2v) is 9.27. The zero-order valence-electron chi connectivity index (χ0n) is 20.6. The number of nitrogens with one attached hydrogen (secondary N) is 1. The van der Waals surface area contributed by atoms with Gasteiger partial charge in [-0.2, -0.15) is 0 Å². The molecule has 0 bridgehead atoms. The number of hydrogen-bond acceptors (Lipinski definition) is 5. The Kier molecular flexibility index (Phi) is 6.91. The van der Waals surface area contributed by atoms with Crippen molar-refractivity contribution in [1.82, 2.24) is 10.2 Å². The van der Waals surface area contributed by atoms with E-state index in [0.29, 0.717) is 18.7 Å². The third-order valence-electron chi connectivity index (χ3n) is 6.54. The van der Waals surface area contributed by atoms with Gasteiger partial charge in [-0.25, -0.2) is 0 Å². The van der Waals surface area contributed by atoms with Crippen LogP contribution in [-0.2, 0) is 9.63 Å². The number of fused-ring (bicyclic) bond motifs is 3. The maximum absolute atomic E-state index is 13.4. The number of carbonyl (C=O) groups excluding carboxylic acids is 2. The second-order valence-electron chi connectivity index (χ2n) is 9.27. The molecule has 1 N–H and O–H groups in total. The Hall–Kier alpha value is -3.35. The molecule has 0 spiro atoms. The zero-order valence-corrected chi connectivity index (χ0v) is 20.6. The molecule has 2 aromatic rings. The lowest BCUT2D eigenvalue weighted by Crippen LogP contribution is -2.39. The van der Waals surface area contributed by atoms with Crippen molar-refractivity contribution < 1.29 is 19.2 Å². The van der Waals surface area contributed by atoms with Crippen LogP contribution < -0.4 is 10.1 Å². The predicted molar refractivity (Wildman–Crippen MR) is 132 cm³/mol. The summed E-state index contributed by atoms with van der Waals surface area (Å²) in [5.41, 5.74) is 5.71. The molecule has 1 fully saturated rings. The molecule has 1 saturated heterocycles. The van der Waals surface area contributed by atoms with Crippen molar-refractivity contribution in [3.05, 3.63) is 53.1 Å². The molecule has 34 heavy (non-hydrogen) atoms. The molecule has 2 heterocycles. The van der Waals surface area contributed by atoms with Crippen molar-refractivity contribution in [3.63, 3.8) is 0 Å². The van der Waals surface area contributed by atoms with Crippen molar-refractivity contribution in [2.75, 3.05) is 20.3 Å². The average Bonchev–Trinajstić information content (AvgIpc) is 3.32. The lowest BCUT2D eigenvalue weighted by molar-refractivity contribution is -0.123. The van der Waals surface area contributed by atoms with E-state index in [2.05, 4.69) is 36.5 Å². The molecule has 2 amide bonds. The predicted octanol–water partition coefficient (Wildman–Crippen LogP) is 4.49. The first-order valence-electron chi connectivity index (χ1n) is 11.9. The van der Waals surface area contributed by atoms with E-state index in [4.69, 9.17) is 9.57 Å². The number of ether oxygens (including phenoxy) is 1. The van der Waals surface area contributed by atoms with Crippen LogP contribution >= 0.6 is 0 Å². The summed E-state index contributed by atoms with van der Waals surface area (Å²) in [6.07, 6.45) is 1.55. The minimum atomic E-state index is -0.126. The van der Waals surface area contributed by atoms with E-state index in [0.717, 1.165) is 39.9 Å². The minimum Gasteiger partial charge on any atom is -0.484 e. The summed E-state index contributed by atoms with van der Waals surface area (Å²) < 4.78 is 5.74. The van der Waals surface area contributed by atoms with Gasteiger partial charge in [0.1, 0.15) is 12.9 Å². The normalized spacial score (nSPS) is 20.0. The summed E-state index contributed by atoms with van der Waals surface area (Å²) in [5, 5.41) is 7.09. The molecule has 2 aliphatic heterocycles. The molecule has 2 aromatic carbocycles. The highest BCUT2D eigenvalue weighted by Gasteiger charge is 2.50. The van der Waals surface area contributed by atoms with Crippen molar-refractivity contribution >= 4 is 17.5 Å². The number of amides is 2. The van der Waals surface area contributed by atoms with Crippen LogP contribution in [-0.4, -0.2) is 48.7 Å². The Labute approximate surface area is 201 Å². The summed E-state index contributed by atoms with van der Waals surface area (Å²) in [6, 6.07) is 11.8. The van der Waals surface area contributed by atoms with Gasteiger partial charge >= 0.3 is 0 Å². The van der Waals surface area contributed by atoms with Crippen molar-refractivity contribution in [2.24, 2.45) is 11.1 Å². The van der Waals surface area contributed by atoms with E-state index in [1.165, 1.54) is 0 Å². The van der Waals surface area contributed by atoms with E-state index in [-0.39, 0.29) is 36.4 Å². The first-order valence-corrected chi connectivity index (χ1v) is 11.9. The quantitative estimate of drug-likeness (QED) is 0.585. The summed E-state index contributed by atoms with van der Waals surface area (Å²) in [4.78, 5) is 32.4. The van der Waals surface area contributed by atoms with Gasteiger partial charge in [0.05, 0.1) is 17.8 Å². The zero-order chi connectivity index (χ0) is 24.4. The minimum absolute atomic E-state index is 0.00927. The molecule has 7 heteroatoms. The molecular formula is C27H33N3O4. The summed E-state index contributed by atoms with van der Waals surface area (Å²) in [7, 11) is 1.55. The van der Waals surface area contributed by atoms with Gasteiger partial charge in [0.2, 0.25) is 0 Å². The second kappa shape index (κ2) is 9.87. The number of hydrogen-bond donors (Lipinski definition) is 1. The molecular weight excluding hydrogens is 430 g/mol. The smallest absolute Gasteiger partial charge is 0.257 e. The number of oxime groups is 1. The maximum atomic E-state index is 13.4. The van der Waals surface area contributed by atoms with Crippen LogP contribution in [0.1, 0.15) is 61.1 Å². The molecule has 0 radical (unpaired) electrons. The topological polar surface area (TPSA) is 80.2 Å². The van der Waals surface area contributed by atoms with Gasteiger partial charge in [0, 0.05) is 18.5 Å². The van der Waals surface area contributed by atoms with Crippen LogP contribution in [0.4, 0.5) is 0 Å². The van der Waals surface area contributed by atoms with E-state index < -0.39 is 0 Å². The molecule has 180 valence electrons. The van der Waals surface area contributed by atoms with Gasteiger partial charge < -0.3 is 19.8 Å². The van der Waals surface area contributed by atoms with E-state index in [9.17, 15) is 9.59 Å². The van der Waals surface area contributed by atoms with Gasteiger partial charge in [0.25, 0.3) is 11.8 Å². The number of benzene rings is 2. The third kappa shape index (κ3) is 4.27. The van der Waals surface area contributed by atoms with Crippen molar-refractivity contribution in [2.45, 2.75) is 52.6 Å². The monoisotopic (exact) mass is 463 g/mol. The molecule has 2 unspecified atom stereocenters. The lowest BCUT2D eigenvalue weighted by Gasteiger charge is -2.27. The van der Waals surface area contributed by atoms with E-state index >= 15 is 0 Å². The number of aryl methyl sites for hydroxylation is 1. The highest BCUT2D eigenvalue weighted by atomic mass is 16.6. The van der Waals surface area contributed by atoms with Crippen molar-refractivity contribution in [3.8, 4) is 16.9 Å². The van der Waals surface area contributed by atoms with Crippen LogP contribution in [0.5, 0.6) is 5.75 Å². The fraction of sp³-hybridized carbons (Fsp3) is 0.444. The molecule has 2 aliphatic rings. The fourth-order valence-corrected chi connectivity index (χ4v) is 5.13. The Bertz CT molecular complexity index is 1120. The van der Waals surface area contributed by atoms with Gasteiger partial charge in [-0.1, -0.05) is 44.1 Å². The number of nitrogens with zero attached hydrogens (tertiary/aromatic N) is 2. The summed E-state index contributed by atoms with van der Waals surface area (Å²) in [5.74, 6) is 0.834. The fourth-order valence-electron chi connectivity index (χ4n) is 5.13. The maximum Gasteiger partial charge on any atom is 0.257 e. The van der Waals surface area contributed by atoms with Gasteiger partial charge in [-0.05, 0) is 59.7 Å². The molecule has 7 nitrogen and oxygen atoms in total. The molecule has 0 saturated carbocycles. The summed E-state index contributed by atoms with van der Waals surface area (Å²) in [6.45, 7) is 8.84. The Balaban J connectivity index is 1.64. The van der Waals surface area contributed by atoms with Crippen LogP contribution in [0, 0.1) is 12.8 Å². The van der Waals surface area contributed by atoms with E-state index in [1.54, 1.807) is 7.11 Å². The SMILES string of the molecule is CCCNC(=O)COc1ccc(-c2cccc3c2C2CC(=NOC)C(C(C)C)N2C3=O)cc1C. The Morgan fingerprint density at radius 3 is 2.68 bits per heavy atom. The highest BCUT2D eigenvalue weighted by Crippen LogP contribution is 2.48. The molecule has 2 atom stereocenters. The summed E-state index contributed by atoms with van der Waals surface area (Å²) >= 11 is 0. The van der Waals surface area contributed by atoms with Crippen LogP contribution in [0.3, 0.4) is 0 Å². The van der Waals surface area contributed by atoms with Crippen molar-refractivity contribution in [1.29, 1.82) is 0 Å². The third-order valence-corrected chi connectivity index (χ3v) is 6.54. The first kappa shape index (κ1) is 23.8. The lowest BCUT2D eigenvalue weighted by atomic mass is 9.90. The highest BCUT2D eigenvalue weighted by molar-refractivity contribution is 6.08. The number of carbonyl (C=O) groups is 2. The average molecular weight is 464 g/mol. The largest absolute Gasteiger partial charge is 0.484 e. The molecule has 0 aliphatic carbocycles. The Morgan fingerprint density at radius 2 is 2.00 bits per heavy atom. The van der Waals surface area contributed by atoms with Gasteiger partial charge in [-0.3, -0.25) is 9.59 Å². The number of rotatable bonds is 8. The Morgan fingerprint density at radius 1 is 1.24 bits per heavy atom.